The molecule has 1 aliphatic carbocycles. The minimum atomic E-state index is 0.458. The number of rotatable bonds is 3. The third-order valence-electron chi connectivity index (χ3n) is 3.37. The number of hydrogen-bond donors (Lipinski definition) is 0. The fourth-order valence-corrected chi connectivity index (χ4v) is 1.71. The van der Waals surface area contributed by atoms with Gasteiger partial charge in [-0.15, -0.1) is 0 Å². The lowest BCUT2D eigenvalue weighted by atomic mass is 10.1. The molecule has 2 unspecified atom stereocenters. The molecule has 0 heterocycles. The third-order valence-corrected chi connectivity index (χ3v) is 3.37. The first-order chi connectivity index (χ1) is 6.49. The molecule has 0 aromatic carbocycles. The summed E-state index contributed by atoms with van der Waals surface area (Å²) >= 11 is 0. The Labute approximate surface area is 87.8 Å². The zero-order chi connectivity index (χ0) is 10.9. The Kier molecular flexibility index (Phi) is 3.30. The topological polar surface area (TPSA) is 3.01 Å². The van der Waals surface area contributed by atoms with E-state index in [-0.39, 0.29) is 0 Å². The maximum Gasteiger partial charge on any atom is 0.167 e. The molecule has 0 N–H and O–H groups in total. The number of allylic oxidation sites excluding steroid dienone is 2. The first kappa shape index (κ1) is 11.2. The largest absolute Gasteiger partial charge is 0.233 e. The van der Waals surface area contributed by atoms with Crippen molar-refractivity contribution >= 4 is 5.71 Å². The molecule has 1 fully saturated rings. The van der Waals surface area contributed by atoms with Crippen molar-refractivity contribution in [3.05, 3.63) is 23.8 Å². The molecule has 0 bridgehead atoms. The molecule has 2 atom stereocenters. The molecule has 1 heteroatoms. The number of nitrogens with zero attached hydrogens (tertiary/aromatic N) is 1. The van der Waals surface area contributed by atoms with Gasteiger partial charge in [0.1, 0.15) is 7.05 Å². The molecular weight excluding hydrogens is 170 g/mol. The van der Waals surface area contributed by atoms with E-state index in [2.05, 4.69) is 45.9 Å². The Hall–Kier alpha value is -0.850. The van der Waals surface area contributed by atoms with Gasteiger partial charge in [-0.2, -0.15) is 0 Å². The van der Waals surface area contributed by atoms with Crippen LogP contribution in [0.1, 0.15) is 34.1 Å². The monoisotopic (exact) mass is 192 g/mol. The summed E-state index contributed by atoms with van der Waals surface area (Å²) in [6.07, 6.45) is 3.24. The van der Waals surface area contributed by atoms with Crippen molar-refractivity contribution in [3.63, 3.8) is 0 Å². The van der Waals surface area contributed by atoms with Crippen LogP contribution >= 0.6 is 0 Å². The summed E-state index contributed by atoms with van der Waals surface area (Å²) in [4.78, 5) is 0. The Morgan fingerprint density at radius 2 is 2.07 bits per heavy atom. The summed E-state index contributed by atoms with van der Waals surface area (Å²) in [6, 6.07) is 0.458. The normalized spacial score (nSPS) is 25.4. The summed E-state index contributed by atoms with van der Waals surface area (Å²) in [5, 5.41) is 0. The minimum absolute atomic E-state index is 0.458. The fourth-order valence-electron chi connectivity index (χ4n) is 1.71. The smallest absolute Gasteiger partial charge is 0.167 e. The quantitative estimate of drug-likeness (QED) is 0.477. The number of likely N-dealkylation sites (N-methyl/N-ethyl adjacent to an activating group) is 1. The molecule has 0 amide bonds. The molecule has 1 rings (SSSR count). The molecular formula is C13H22N+. The van der Waals surface area contributed by atoms with Crippen molar-refractivity contribution in [1.29, 1.82) is 0 Å². The highest BCUT2D eigenvalue weighted by Crippen LogP contribution is 2.35. The predicted octanol–water partition coefficient (Wildman–Crippen LogP) is 3.02. The molecule has 0 saturated heterocycles. The zero-order valence-electron chi connectivity index (χ0n) is 10.1. The van der Waals surface area contributed by atoms with Gasteiger partial charge in [0.15, 0.2) is 11.8 Å². The van der Waals surface area contributed by atoms with Gasteiger partial charge in [-0.25, -0.2) is 4.58 Å². The maximum absolute atomic E-state index is 3.83. The van der Waals surface area contributed by atoms with Gasteiger partial charge in [0.25, 0.3) is 0 Å². The lowest BCUT2D eigenvalue weighted by molar-refractivity contribution is -0.520. The predicted molar refractivity (Wildman–Crippen MR) is 63.0 cm³/mol. The number of hydrogen-bond acceptors (Lipinski definition) is 0. The Bertz CT molecular complexity index is 303. The van der Waals surface area contributed by atoms with E-state index in [0.717, 1.165) is 0 Å². The second-order valence-corrected chi connectivity index (χ2v) is 4.52. The van der Waals surface area contributed by atoms with Gasteiger partial charge in [0, 0.05) is 13.3 Å². The van der Waals surface area contributed by atoms with Gasteiger partial charge in [-0.1, -0.05) is 17.7 Å². The SMILES string of the molecule is C=CC(C)[N+](C)=C1CC1C(C)=C(C)C. The van der Waals surface area contributed by atoms with Crippen LogP contribution in [0.4, 0.5) is 0 Å². The second-order valence-electron chi connectivity index (χ2n) is 4.52. The van der Waals surface area contributed by atoms with E-state index in [0.29, 0.717) is 12.0 Å². The molecule has 1 saturated carbocycles. The van der Waals surface area contributed by atoms with Crippen LogP contribution in [0.3, 0.4) is 0 Å². The molecule has 0 aliphatic heterocycles. The van der Waals surface area contributed by atoms with Crippen molar-refractivity contribution in [3.8, 4) is 0 Å². The Morgan fingerprint density at radius 1 is 1.50 bits per heavy atom. The lowest BCUT2D eigenvalue weighted by Gasteiger charge is -2.02. The molecule has 0 spiro atoms. The summed E-state index contributed by atoms with van der Waals surface area (Å²) in [6.45, 7) is 12.7. The average molecular weight is 192 g/mol. The van der Waals surface area contributed by atoms with E-state index >= 15 is 0 Å². The van der Waals surface area contributed by atoms with Crippen LogP contribution in [0.2, 0.25) is 0 Å². The molecule has 1 nitrogen and oxygen atoms in total. The molecule has 78 valence electrons. The van der Waals surface area contributed by atoms with Crippen LogP contribution in [0.25, 0.3) is 0 Å². The van der Waals surface area contributed by atoms with Gasteiger partial charge in [-0.05, 0) is 26.8 Å². The van der Waals surface area contributed by atoms with Crippen LogP contribution in [0, 0.1) is 5.92 Å². The Balaban J connectivity index is 2.80. The third kappa shape index (κ3) is 2.14. The van der Waals surface area contributed by atoms with E-state index in [1.807, 2.05) is 6.08 Å². The van der Waals surface area contributed by atoms with Gasteiger partial charge in [0.05, 0.1) is 5.92 Å². The van der Waals surface area contributed by atoms with Crippen LogP contribution in [-0.2, 0) is 0 Å². The molecule has 0 radical (unpaired) electrons. The first-order valence-electron chi connectivity index (χ1n) is 5.34. The summed E-state index contributed by atoms with van der Waals surface area (Å²) in [5.74, 6) is 0.715. The van der Waals surface area contributed by atoms with E-state index in [1.54, 1.807) is 11.3 Å². The highest BCUT2D eigenvalue weighted by Gasteiger charge is 2.42. The lowest BCUT2D eigenvalue weighted by Crippen LogP contribution is -2.19. The van der Waals surface area contributed by atoms with Crippen LogP contribution < -0.4 is 0 Å². The first-order valence-corrected chi connectivity index (χ1v) is 5.34. The minimum Gasteiger partial charge on any atom is -0.233 e. The molecule has 0 aromatic rings. The maximum atomic E-state index is 3.83. The second kappa shape index (κ2) is 4.12. The summed E-state index contributed by atoms with van der Waals surface area (Å²) in [7, 11) is 2.17. The van der Waals surface area contributed by atoms with Crippen LogP contribution in [0.5, 0.6) is 0 Å². The Morgan fingerprint density at radius 3 is 2.50 bits per heavy atom. The van der Waals surface area contributed by atoms with Crippen molar-refractivity contribution in [1.82, 2.24) is 0 Å². The van der Waals surface area contributed by atoms with Gasteiger partial charge >= 0.3 is 0 Å². The highest BCUT2D eigenvalue weighted by atomic mass is 15.0. The summed E-state index contributed by atoms with van der Waals surface area (Å²) < 4.78 is 2.35. The van der Waals surface area contributed by atoms with Gasteiger partial charge in [-0.3, -0.25) is 0 Å². The van der Waals surface area contributed by atoms with Crippen molar-refractivity contribution in [2.75, 3.05) is 7.05 Å². The standard InChI is InChI=1S/C13H22N/c1-7-10(4)14(6)13-8-12(13)11(5)9(2)3/h7,10,12H,1,8H2,2-6H3/q+1. The van der Waals surface area contributed by atoms with Gasteiger partial charge < -0.3 is 0 Å². The highest BCUT2D eigenvalue weighted by molar-refractivity contribution is 6.00. The average Bonchev–Trinajstić information content (AvgIpc) is 2.93. The van der Waals surface area contributed by atoms with Crippen molar-refractivity contribution in [2.45, 2.75) is 40.2 Å². The zero-order valence-corrected chi connectivity index (χ0v) is 10.1. The molecule has 1 aliphatic rings. The summed E-state index contributed by atoms with van der Waals surface area (Å²) in [5.41, 5.74) is 4.57. The van der Waals surface area contributed by atoms with E-state index in [4.69, 9.17) is 0 Å². The van der Waals surface area contributed by atoms with Crippen molar-refractivity contribution in [2.24, 2.45) is 5.92 Å². The van der Waals surface area contributed by atoms with E-state index < -0.39 is 0 Å². The van der Waals surface area contributed by atoms with Crippen LogP contribution in [-0.4, -0.2) is 23.4 Å². The molecule has 0 aromatic heterocycles. The fraction of sp³-hybridized carbons (Fsp3) is 0.615. The van der Waals surface area contributed by atoms with E-state index in [1.165, 1.54) is 12.0 Å². The van der Waals surface area contributed by atoms with Crippen LogP contribution in [0.15, 0.2) is 23.8 Å². The van der Waals surface area contributed by atoms with Gasteiger partial charge in [0.2, 0.25) is 0 Å². The van der Waals surface area contributed by atoms with Crippen molar-refractivity contribution < 1.29 is 4.58 Å². The molecule has 14 heavy (non-hydrogen) atoms. The van der Waals surface area contributed by atoms with E-state index in [9.17, 15) is 0 Å².